The first kappa shape index (κ1) is 13.8. The van der Waals surface area contributed by atoms with Gasteiger partial charge >= 0.3 is 0 Å². The van der Waals surface area contributed by atoms with Gasteiger partial charge in [0, 0.05) is 0 Å². The highest BCUT2D eigenvalue weighted by Gasteiger charge is 2.31. The van der Waals surface area contributed by atoms with Gasteiger partial charge in [-0.2, -0.15) is 0 Å². The molecule has 1 aliphatic carbocycles. The first-order valence-corrected chi connectivity index (χ1v) is 7.78. The molecule has 1 aromatic rings. The van der Waals surface area contributed by atoms with E-state index < -0.39 is 6.10 Å². The lowest BCUT2D eigenvalue weighted by molar-refractivity contribution is 0.0413. The fraction of sp³-hybridized carbons (Fsp3) is 0.500. The number of rotatable bonds is 3. The Morgan fingerprint density at radius 2 is 1.76 bits per heavy atom. The molecule has 0 saturated heterocycles. The number of phenolic OH excluding ortho intramolecular Hbond substituents is 1. The number of aromatic hydroxyl groups is 1. The van der Waals surface area contributed by atoms with Gasteiger partial charge in [-0.1, -0.05) is 6.42 Å². The lowest BCUT2D eigenvalue weighted by Gasteiger charge is -2.34. The van der Waals surface area contributed by atoms with Crippen molar-refractivity contribution in [3.63, 3.8) is 0 Å². The van der Waals surface area contributed by atoms with E-state index in [1.54, 1.807) is 0 Å². The van der Waals surface area contributed by atoms with Crippen LogP contribution in [0.2, 0.25) is 0 Å². The molecule has 5 heteroatoms. The lowest BCUT2D eigenvalue weighted by Crippen LogP contribution is -2.36. The molecule has 1 saturated carbocycles. The molecule has 17 heavy (non-hydrogen) atoms. The van der Waals surface area contributed by atoms with E-state index in [2.05, 4.69) is 45.2 Å². The highest BCUT2D eigenvalue weighted by atomic mass is 127. The molecule has 0 heterocycles. The maximum absolute atomic E-state index is 10.1. The summed E-state index contributed by atoms with van der Waals surface area (Å²) in [6.07, 6.45) is 2.86. The second-order valence-electron chi connectivity index (χ2n) is 4.54. The number of aliphatic hydroxyl groups is 1. The van der Waals surface area contributed by atoms with Crippen molar-refractivity contribution in [1.29, 1.82) is 0 Å². The van der Waals surface area contributed by atoms with E-state index in [9.17, 15) is 10.2 Å². The van der Waals surface area contributed by atoms with Crippen LogP contribution in [0.1, 0.15) is 30.9 Å². The van der Waals surface area contributed by atoms with Crippen LogP contribution in [0, 0.1) is 13.1 Å². The molecule has 0 amide bonds. The Labute approximate surface area is 128 Å². The van der Waals surface area contributed by atoms with Gasteiger partial charge in [-0.25, -0.2) is 0 Å². The highest BCUT2D eigenvalue weighted by molar-refractivity contribution is 14.1. The van der Waals surface area contributed by atoms with Crippen molar-refractivity contribution in [2.75, 3.05) is 0 Å². The van der Waals surface area contributed by atoms with Gasteiger partial charge in [0.1, 0.15) is 5.75 Å². The average Bonchev–Trinajstić information content (AvgIpc) is 2.21. The van der Waals surface area contributed by atoms with Crippen LogP contribution >= 0.6 is 45.2 Å². The Morgan fingerprint density at radius 3 is 2.18 bits per heavy atom. The van der Waals surface area contributed by atoms with Crippen LogP contribution < -0.4 is 5.73 Å². The van der Waals surface area contributed by atoms with Crippen LogP contribution in [-0.4, -0.2) is 16.3 Å². The van der Waals surface area contributed by atoms with Crippen LogP contribution in [0.5, 0.6) is 5.75 Å². The van der Waals surface area contributed by atoms with E-state index in [1.165, 1.54) is 6.42 Å². The maximum Gasteiger partial charge on any atom is 0.142 e. The molecule has 1 aliphatic rings. The predicted octanol–water partition coefficient (Wildman–Crippen LogP) is 2.76. The monoisotopic (exact) mass is 459 g/mol. The fourth-order valence-corrected chi connectivity index (χ4v) is 3.87. The van der Waals surface area contributed by atoms with E-state index in [4.69, 9.17) is 5.73 Å². The fourth-order valence-electron chi connectivity index (χ4n) is 2.05. The van der Waals surface area contributed by atoms with Crippen LogP contribution in [-0.2, 0) is 0 Å². The molecule has 2 atom stereocenters. The van der Waals surface area contributed by atoms with E-state index in [-0.39, 0.29) is 6.04 Å². The quantitative estimate of drug-likeness (QED) is 0.610. The Kier molecular flexibility index (Phi) is 4.54. The number of hydrogen-bond donors (Lipinski definition) is 3. The number of aliphatic hydroxyl groups excluding tert-OH is 1. The van der Waals surface area contributed by atoms with Crippen molar-refractivity contribution < 1.29 is 10.2 Å². The summed E-state index contributed by atoms with van der Waals surface area (Å²) < 4.78 is 1.56. The van der Waals surface area contributed by atoms with Gasteiger partial charge in [0.25, 0.3) is 0 Å². The number of halogens is 2. The Morgan fingerprint density at radius 1 is 1.24 bits per heavy atom. The topological polar surface area (TPSA) is 66.5 Å². The first-order valence-electron chi connectivity index (χ1n) is 5.62. The Hall–Kier alpha value is 0.400. The zero-order valence-electron chi connectivity index (χ0n) is 9.24. The van der Waals surface area contributed by atoms with E-state index in [0.29, 0.717) is 11.7 Å². The minimum absolute atomic E-state index is 0.292. The number of phenols is 1. The molecular weight excluding hydrogens is 444 g/mol. The predicted molar refractivity (Wildman–Crippen MR) is 83.8 cm³/mol. The molecule has 3 nitrogen and oxygen atoms in total. The molecule has 2 rings (SSSR count). The van der Waals surface area contributed by atoms with E-state index in [0.717, 1.165) is 25.5 Å². The van der Waals surface area contributed by atoms with E-state index >= 15 is 0 Å². The Bertz CT molecular complexity index is 398. The van der Waals surface area contributed by atoms with Gasteiger partial charge in [-0.3, -0.25) is 0 Å². The summed E-state index contributed by atoms with van der Waals surface area (Å²) in [7, 11) is 0. The highest BCUT2D eigenvalue weighted by Crippen LogP contribution is 2.36. The van der Waals surface area contributed by atoms with Crippen LogP contribution in [0.4, 0.5) is 0 Å². The van der Waals surface area contributed by atoms with Crippen LogP contribution in [0.25, 0.3) is 0 Å². The van der Waals surface area contributed by atoms with Crippen molar-refractivity contribution in [2.24, 2.45) is 11.7 Å². The van der Waals surface area contributed by atoms with Crippen LogP contribution in [0.3, 0.4) is 0 Å². The lowest BCUT2D eigenvalue weighted by atomic mass is 9.77. The van der Waals surface area contributed by atoms with Gasteiger partial charge in [-0.15, -0.1) is 0 Å². The third kappa shape index (κ3) is 2.87. The van der Waals surface area contributed by atoms with E-state index in [1.807, 2.05) is 12.1 Å². The van der Waals surface area contributed by atoms with Crippen molar-refractivity contribution in [2.45, 2.75) is 31.4 Å². The molecule has 0 spiro atoms. The summed E-state index contributed by atoms with van der Waals surface area (Å²) in [4.78, 5) is 0. The Balaban J connectivity index is 2.21. The number of nitrogens with two attached hydrogens (primary N) is 1. The van der Waals surface area contributed by atoms with Crippen molar-refractivity contribution in [3.8, 4) is 5.75 Å². The maximum atomic E-state index is 10.1. The molecule has 0 unspecified atom stereocenters. The molecule has 1 aromatic carbocycles. The standard InChI is InChI=1S/C12H15I2NO2/c13-8-4-7(5-9(14)12(8)17)10(15)11(16)6-2-1-3-6/h4-6,10-11,16-17H,1-3,15H2/t10-,11+/m0/s1. The average molecular weight is 459 g/mol. The summed E-state index contributed by atoms with van der Waals surface area (Å²) in [6, 6.07) is 3.35. The van der Waals surface area contributed by atoms with Gasteiger partial charge < -0.3 is 15.9 Å². The molecule has 0 aromatic heterocycles. The summed E-state index contributed by atoms with van der Waals surface area (Å²) in [5, 5.41) is 19.8. The normalized spacial score (nSPS) is 19.8. The third-order valence-corrected chi connectivity index (χ3v) is 5.07. The summed E-state index contributed by atoms with van der Waals surface area (Å²) >= 11 is 4.16. The summed E-state index contributed by atoms with van der Waals surface area (Å²) in [5.41, 5.74) is 7.00. The SMILES string of the molecule is N[C@@H](c1cc(I)c(O)c(I)c1)[C@H](O)C1CCC1. The van der Waals surface area contributed by atoms with Gasteiger partial charge in [0.05, 0.1) is 19.3 Å². The minimum Gasteiger partial charge on any atom is -0.506 e. The zero-order valence-corrected chi connectivity index (χ0v) is 13.6. The van der Waals surface area contributed by atoms with Crippen molar-refractivity contribution >= 4 is 45.2 Å². The molecule has 1 fully saturated rings. The molecule has 4 N–H and O–H groups in total. The number of hydrogen-bond acceptors (Lipinski definition) is 3. The van der Waals surface area contributed by atoms with Gasteiger partial charge in [0.15, 0.2) is 0 Å². The van der Waals surface area contributed by atoms with Gasteiger partial charge in [-0.05, 0) is 81.6 Å². The third-order valence-electron chi connectivity index (χ3n) is 3.42. The summed E-state index contributed by atoms with van der Waals surface area (Å²) in [5.74, 6) is 0.634. The first-order chi connectivity index (χ1) is 8.00. The van der Waals surface area contributed by atoms with Crippen molar-refractivity contribution in [1.82, 2.24) is 0 Å². The molecule has 94 valence electrons. The number of benzene rings is 1. The molecule has 0 radical (unpaired) electrons. The molecule has 0 aliphatic heterocycles. The zero-order chi connectivity index (χ0) is 12.6. The molecule has 0 bridgehead atoms. The van der Waals surface area contributed by atoms with Crippen LogP contribution in [0.15, 0.2) is 12.1 Å². The van der Waals surface area contributed by atoms with Gasteiger partial charge in [0.2, 0.25) is 0 Å². The van der Waals surface area contributed by atoms with Crippen molar-refractivity contribution in [3.05, 3.63) is 24.8 Å². The smallest absolute Gasteiger partial charge is 0.142 e. The summed E-state index contributed by atoms with van der Waals surface area (Å²) in [6.45, 7) is 0. The molecular formula is C12H15I2NO2. The minimum atomic E-state index is -0.472. The largest absolute Gasteiger partial charge is 0.506 e. The second kappa shape index (κ2) is 5.58. The second-order valence-corrected chi connectivity index (χ2v) is 6.86.